The summed E-state index contributed by atoms with van der Waals surface area (Å²) in [6, 6.07) is 5.77. The van der Waals surface area contributed by atoms with Crippen LogP contribution in [-0.4, -0.2) is 31.6 Å². The summed E-state index contributed by atoms with van der Waals surface area (Å²) in [6.45, 7) is 6.44. The topological polar surface area (TPSA) is 76.7 Å². The van der Waals surface area contributed by atoms with Crippen molar-refractivity contribution in [3.05, 3.63) is 29.3 Å². The van der Waals surface area contributed by atoms with Crippen LogP contribution in [0.15, 0.2) is 18.2 Å². The zero-order chi connectivity index (χ0) is 15.7. The Balaban J connectivity index is 2.28. The molecule has 6 nitrogen and oxygen atoms in total. The van der Waals surface area contributed by atoms with Crippen LogP contribution in [0.2, 0.25) is 0 Å². The van der Waals surface area contributed by atoms with E-state index in [-0.39, 0.29) is 18.9 Å². The van der Waals surface area contributed by atoms with Crippen molar-refractivity contribution in [3.63, 3.8) is 0 Å². The van der Waals surface area contributed by atoms with E-state index >= 15 is 0 Å². The molecule has 116 valence electrons. The SMILES string of the molecule is CCOCCC(=O)NNC(=O)COc1cc(C)ccc1C. The van der Waals surface area contributed by atoms with Crippen LogP contribution in [0.3, 0.4) is 0 Å². The molecule has 2 N–H and O–H groups in total. The predicted octanol–water partition coefficient (Wildman–Crippen LogP) is 1.26. The Labute approximate surface area is 124 Å². The van der Waals surface area contributed by atoms with E-state index in [4.69, 9.17) is 9.47 Å². The molecule has 0 radical (unpaired) electrons. The van der Waals surface area contributed by atoms with Crippen molar-refractivity contribution in [1.29, 1.82) is 0 Å². The van der Waals surface area contributed by atoms with Crippen molar-refractivity contribution in [2.75, 3.05) is 19.8 Å². The number of carbonyl (C=O) groups is 2. The molecule has 0 saturated carbocycles. The van der Waals surface area contributed by atoms with Gasteiger partial charge in [-0.2, -0.15) is 0 Å². The van der Waals surface area contributed by atoms with Gasteiger partial charge in [-0.05, 0) is 38.0 Å². The number of ether oxygens (including phenoxy) is 2. The smallest absolute Gasteiger partial charge is 0.276 e. The number of benzene rings is 1. The Morgan fingerprint density at radius 2 is 1.86 bits per heavy atom. The van der Waals surface area contributed by atoms with Crippen molar-refractivity contribution in [2.45, 2.75) is 27.2 Å². The molecule has 1 rings (SSSR count). The molecule has 0 atom stereocenters. The van der Waals surface area contributed by atoms with Gasteiger partial charge in [0.1, 0.15) is 5.75 Å². The number of rotatable bonds is 7. The van der Waals surface area contributed by atoms with E-state index in [0.29, 0.717) is 19.0 Å². The van der Waals surface area contributed by atoms with Crippen LogP contribution in [0.1, 0.15) is 24.5 Å². The van der Waals surface area contributed by atoms with Crippen LogP contribution in [0.25, 0.3) is 0 Å². The number of amides is 2. The number of carbonyl (C=O) groups excluding carboxylic acids is 2. The highest BCUT2D eigenvalue weighted by Gasteiger charge is 2.07. The Hall–Kier alpha value is -2.08. The summed E-state index contributed by atoms with van der Waals surface area (Å²) in [5, 5.41) is 0. The second-order valence-corrected chi connectivity index (χ2v) is 4.60. The molecule has 0 fully saturated rings. The van der Waals surface area contributed by atoms with E-state index in [9.17, 15) is 9.59 Å². The van der Waals surface area contributed by atoms with Gasteiger partial charge in [-0.25, -0.2) is 0 Å². The molecular formula is C15H22N2O4. The molecule has 0 aliphatic rings. The lowest BCUT2D eigenvalue weighted by Gasteiger charge is -2.11. The molecule has 0 spiro atoms. The van der Waals surface area contributed by atoms with Gasteiger partial charge in [-0.1, -0.05) is 12.1 Å². The average Bonchev–Trinajstić information content (AvgIpc) is 2.46. The van der Waals surface area contributed by atoms with Crippen LogP contribution in [0.4, 0.5) is 0 Å². The third-order valence-electron chi connectivity index (χ3n) is 2.72. The second kappa shape index (κ2) is 8.97. The lowest BCUT2D eigenvalue weighted by atomic mass is 10.1. The summed E-state index contributed by atoms with van der Waals surface area (Å²) in [6.07, 6.45) is 0.200. The first-order chi connectivity index (χ1) is 10.0. The Morgan fingerprint density at radius 1 is 1.14 bits per heavy atom. The molecule has 1 aromatic carbocycles. The maximum Gasteiger partial charge on any atom is 0.276 e. The first-order valence-electron chi connectivity index (χ1n) is 6.88. The van der Waals surface area contributed by atoms with Gasteiger partial charge in [0.25, 0.3) is 5.91 Å². The summed E-state index contributed by atoms with van der Waals surface area (Å²) in [7, 11) is 0. The fraction of sp³-hybridized carbons (Fsp3) is 0.467. The minimum Gasteiger partial charge on any atom is -0.483 e. The number of hydrogen-bond acceptors (Lipinski definition) is 4. The summed E-state index contributed by atoms with van der Waals surface area (Å²) in [5.41, 5.74) is 6.61. The summed E-state index contributed by atoms with van der Waals surface area (Å²) in [5.74, 6) is -0.0583. The van der Waals surface area contributed by atoms with Gasteiger partial charge in [-0.3, -0.25) is 20.4 Å². The van der Waals surface area contributed by atoms with Gasteiger partial charge in [-0.15, -0.1) is 0 Å². The third kappa shape index (κ3) is 6.76. The van der Waals surface area contributed by atoms with Crippen LogP contribution >= 0.6 is 0 Å². The molecule has 0 unspecified atom stereocenters. The lowest BCUT2D eigenvalue weighted by Crippen LogP contribution is -2.44. The minimum absolute atomic E-state index is 0.157. The Morgan fingerprint density at radius 3 is 2.57 bits per heavy atom. The van der Waals surface area contributed by atoms with Crippen molar-refractivity contribution < 1.29 is 19.1 Å². The second-order valence-electron chi connectivity index (χ2n) is 4.60. The van der Waals surface area contributed by atoms with Gasteiger partial charge >= 0.3 is 0 Å². The van der Waals surface area contributed by atoms with E-state index in [1.165, 1.54) is 0 Å². The zero-order valence-corrected chi connectivity index (χ0v) is 12.7. The van der Waals surface area contributed by atoms with Crippen molar-refractivity contribution >= 4 is 11.8 Å². The molecule has 0 saturated heterocycles. The summed E-state index contributed by atoms with van der Waals surface area (Å²) >= 11 is 0. The molecular weight excluding hydrogens is 272 g/mol. The highest BCUT2D eigenvalue weighted by atomic mass is 16.5. The fourth-order valence-corrected chi connectivity index (χ4v) is 1.55. The first-order valence-corrected chi connectivity index (χ1v) is 6.88. The lowest BCUT2D eigenvalue weighted by molar-refractivity contribution is -0.130. The molecule has 1 aromatic rings. The van der Waals surface area contributed by atoms with Crippen molar-refractivity contribution in [3.8, 4) is 5.75 Å². The minimum atomic E-state index is -0.416. The molecule has 0 heterocycles. The monoisotopic (exact) mass is 294 g/mol. The molecule has 0 aliphatic carbocycles. The van der Waals surface area contributed by atoms with Crippen LogP contribution in [0.5, 0.6) is 5.75 Å². The average molecular weight is 294 g/mol. The van der Waals surface area contributed by atoms with Gasteiger partial charge in [0.15, 0.2) is 6.61 Å². The largest absolute Gasteiger partial charge is 0.483 e. The summed E-state index contributed by atoms with van der Waals surface area (Å²) < 4.78 is 10.5. The van der Waals surface area contributed by atoms with E-state index in [1.807, 2.05) is 39.0 Å². The number of hydrogen-bond donors (Lipinski definition) is 2. The van der Waals surface area contributed by atoms with Gasteiger partial charge in [0.05, 0.1) is 13.0 Å². The Bertz CT molecular complexity index is 489. The number of nitrogens with one attached hydrogen (secondary N) is 2. The van der Waals surface area contributed by atoms with Gasteiger partial charge in [0, 0.05) is 6.61 Å². The fourth-order valence-electron chi connectivity index (χ4n) is 1.55. The molecule has 0 bridgehead atoms. The van der Waals surface area contributed by atoms with Crippen LogP contribution in [-0.2, 0) is 14.3 Å². The van der Waals surface area contributed by atoms with Crippen LogP contribution in [0, 0.1) is 13.8 Å². The zero-order valence-electron chi connectivity index (χ0n) is 12.7. The van der Waals surface area contributed by atoms with Gasteiger partial charge in [0.2, 0.25) is 5.91 Å². The Kier molecular flexibility index (Phi) is 7.25. The first kappa shape index (κ1) is 17.0. The quantitative estimate of drug-likeness (QED) is 0.586. The van der Waals surface area contributed by atoms with Gasteiger partial charge < -0.3 is 9.47 Å². The highest BCUT2D eigenvalue weighted by Crippen LogP contribution is 2.18. The van der Waals surface area contributed by atoms with Crippen molar-refractivity contribution in [1.82, 2.24) is 10.9 Å². The highest BCUT2D eigenvalue weighted by molar-refractivity contribution is 5.82. The third-order valence-corrected chi connectivity index (χ3v) is 2.72. The molecule has 6 heteroatoms. The van der Waals surface area contributed by atoms with E-state index in [1.54, 1.807) is 0 Å². The van der Waals surface area contributed by atoms with Crippen LogP contribution < -0.4 is 15.6 Å². The normalized spacial score (nSPS) is 10.0. The summed E-state index contributed by atoms with van der Waals surface area (Å²) in [4.78, 5) is 22.9. The maximum atomic E-state index is 11.6. The predicted molar refractivity (Wildman–Crippen MR) is 78.8 cm³/mol. The van der Waals surface area contributed by atoms with E-state index in [0.717, 1.165) is 11.1 Å². The molecule has 0 aliphatic heterocycles. The standard InChI is InChI=1S/C15H22N2O4/c1-4-20-8-7-14(18)16-17-15(19)10-21-13-9-11(2)5-6-12(13)3/h5-6,9H,4,7-8,10H2,1-3H3,(H,16,18)(H,17,19). The number of hydrazine groups is 1. The van der Waals surface area contributed by atoms with Crippen molar-refractivity contribution in [2.24, 2.45) is 0 Å². The number of aryl methyl sites for hydroxylation is 2. The maximum absolute atomic E-state index is 11.6. The van der Waals surface area contributed by atoms with E-state index in [2.05, 4.69) is 10.9 Å². The molecule has 21 heavy (non-hydrogen) atoms. The molecule has 0 aromatic heterocycles. The molecule has 2 amide bonds. The van der Waals surface area contributed by atoms with E-state index < -0.39 is 5.91 Å².